The first-order chi connectivity index (χ1) is 10.1. The predicted octanol–water partition coefficient (Wildman–Crippen LogP) is 3.78. The summed E-state index contributed by atoms with van der Waals surface area (Å²) in [6.45, 7) is 4.15. The zero-order valence-corrected chi connectivity index (χ0v) is 12.5. The number of hydrogen-bond donors (Lipinski definition) is 1. The Morgan fingerprint density at radius 3 is 2.90 bits per heavy atom. The molecule has 0 spiro atoms. The molecule has 5 heteroatoms. The number of fused-ring (bicyclic) bond motifs is 1. The van der Waals surface area contributed by atoms with Gasteiger partial charge in [0.05, 0.1) is 17.6 Å². The van der Waals surface area contributed by atoms with Crippen molar-refractivity contribution in [1.29, 1.82) is 0 Å². The minimum Gasteiger partial charge on any atom is -0.478 e. The Bertz CT molecular complexity index is 858. The molecular formula is C16H14N2O2S. The maximum atomic E-state index is 10.7. The van der Waals surface area contributed by atoms with Gasteiger partial charge in [-0.25, -0.2) is 9.78 Å². The maximum Gasteiger partial charge on any atom is 0.328 e. The van der Waals surface area contributed by atoms with Crippen LogP contribution in [0.4, 0.5) is 0 Å². The van der Waals surface area contributed by atoms with Crippen LogP contribution in [0.5, 0.6) is 0 Å². The molecule has 106 valence electrons. The van der Waals surface area contributed by atoms with Gasteiger partial charge in [-0.05, 0) is 25.5 Å². The number of aromatic nitrogens is 2. The first kappa shape index (κ1) is 13.6. The number of nitrogens with zero attached hydrogens (tertiary/aromatic N) is 2. The zero-order valence-electron chi connectivity index (χ0n) is 11.7. The predicted molar refractivity (Wildman–Crippen MR) is 84.6 cm³/mol. The molecule has 0 saturated carbocycles. The first-order valence-electron chi connectivity index (χ1n) is 6.50. The molecule has 0 bridgehead atoms. The molecule has 2 heterocycles. The SMILES string of the molecule is Cc1ccc(-c2csc3ncc(/C=C/C(=O)O)n23)c(C)c1. The number of imidazole rings is 1. The van der Waals surface area contributed by atoms with Crippen molar-refractivity contribution in [2.75, 3.05) is 0 Å². The van der Waals surface area contributed by atoms with Gasteiger partial charge in [0.15, 0.2) is 4.96 Å². The Kier molecular flexibility index (Phi) is 3.35. The van der Waals surface area contributed by atoms with E-state index in [2.05, 4.69) is 42.4 Å². The molecule has 1 N–H and O–H groups in total. The average molecular weight is 298 g/mol. The highest BCUT2D eigenvalue weighted by molar-refractivity contribution is 7.15. The molecule has 3 aromatic rings. The molecule has 0 aliphatic heterocycles. The zero-order chi connectivity index (χ0) is 15.0. The van der Waals surface area contributed by atoms with Crippen LogP contribution >= 0.6 is 11.3 Å². The molecular weight excluding hydrogens is 284 g/mol. The van der Waals surface area contributed by atoms with E-state index in [4.69, 9.17) is 5.11 Å². The lowest BCUT2D eigenvalue weighted by Crippen LogP contribution is -1.92. The Hall–Kier alpha value is -2.40. The van der Waals surface area contributed by atoms with Gasteiger partial charge in [0.25, 0.3) is 0 Å². The summed E-state index contributed by atoms with van der Waals surface area (Å²) in [5.74, 6) is -0.965. The van der Waals surface area contributed by atoms with Gasteiger partial charge in [-0.3, -0.25) is 4.40 Å². The third kappa shape index (κ3) is 2.48. The number of thiazole rings is 1. The number of carbonyl (C=O) groups is 1. The largest absolute Gasteiger partial charge is 0.478 e. The molecule has 0 aliphatic carbocycles. The minimum atomic E-state index is -0.965. The van der Waals surface area contributed by atoms with Gasteiger partial charge in [-0.1, -0.05) is 23.8 Å². The van der Waals surface area contributed by atoms with E-state index in [9.17, 15) is 4.79 Å². The molecule has 2 aromatic heterocycles. The lowest BCUT2D eigenvalue weighted by Gasteiger charge is -2.07. The highest BCUT2D eigenvalue weighted by atomic mass is 32.1. The van der Waals surface area contributed by atoms with E-state index in [0.29, 0.717) is 0 Å². The summed E-state index contributed by atoms with van der Waals surface area (Å²) in [6, 6.07) is 6.31. The molecule has 0 saturated heterocycles. The standard InChI is InChI=1S/C16H14N2O2S/c1-10-3-5-13(11(2)7-10)14-9-21-16-17-8-12(18(14)16)4-6-15(19)20/h3-9H,1-2H3,(H,19,20)/b6-4+. The van der Waals surface area contributed by atoms with Crippen LogP contribution in [-0.2, 0) is 4.79 Å². The van der Waals surface area contributed by atoms with Crippen LogP contribution < -0.4 is 0 Å². The van der Waals surface area contributed by atoms with Crippen LogP contribution in [0, 0.1) is 13.8 Å². The van der Waals surface area contributed by atoms with Gasteiger partial charge in [0, 0.05) is 17.0 Å². The molecule has 0 amide bonds. The fourth-order valence-electron chi connectivity index (χ4n) is 2.39. The Morgan fingerprint density at radius 2 is 2.19 bits per heavy atom. The first-order valence-corrected chi connectivity index (χ1v) is 7.38. The number of aryl methyl sites for hydroxylation is 2. The summed E-state index contributed by atoms with van der Waals surface area (Å²) < 4.78 is 1.99. The third-order valence-electron chi connectivity index (χ3n) is 3.33. The number of hydrogen-bond acceptors (Lipinski definition) is 3. The van der Waals surface area contributed by atoms with E-state index in [0.717, 1.165) is 28.0 Å². The van der Waals surface area contributed by atoms with Crippen molar-refractivity contribution in [1.82, 2.24) is 9.38 Å². The fraction of sp³-hybridized carbons (Fsp3) is 0.125. The molecule has 21 heavy (non-hydrogen) atoms. The van der Waals surface area contributed by atoms with E-state index in [-0.39, 0.29) is 0 Å². The van der Waals surface area contributed by atoms with Crippen molar-refractivity contribution < 1.29 is 9.90 Å². The smallest absolute Gasteiger partial charge is 0.328 e. The Labute approximate surface area is 126 Å². The van der Waals surface area contributed by atoms with Crippen molar-refractivity contribution in [2.45, 2.75) is 13.8 Å². The molecule has 3 rings (SSSR count). The second kappa shape index (κ2) is 5.18. The van der Waals surface area contributed by atoms with E-state index >= 15 is 0 Å². The number of benzene rings is 1. The van der Waals surface area contributed by atoms with E-state index in [1.165, 1.54) is 11.1 Å². The van der Waals surface area contributed by atoms with Gasteiger partial charge in [-0.15, -0.1) is 11.3 Å². The van der Waals surface area contributed by atoms with E-state index < -0.39 is 5.97 Å². The lowest BCUT2D eigenvalue weighted by molar-refractivity contribution is -0.131. The van der Waals surface area contributed by atoms with Crippen LogP contribution in [0.2, 0.25) is 0 Å². The molecule has 0 unspecified atom stereocenters. The van der Waals surface area contributed by atoms with Crippen LogP contribution in [0.3, 0.4) is 0 Å². The summed E-state index contributed by atoms with van der Waals surface area (Å²) in [4.78, 5) is 15.9. The number of carboxylic acid groups (broad SMARTS) is 1. The van der Waals surface area contributed by atoms with Crippen LogP contribution in [0.25, 0.3) is 22.3 Å². The quantitative estimate of drug-likeness (QED) is 0.749. The Morgan fingerprint density at radius 1 is 1.38 bits per heavy atom. The molecule has 0 fully saturated rings. The van der Waals surface area contributed by atoms with Crippen molar-refractivity contribution >= 4 is 28.3 Å². The topological polar surface area (TPSA) is 54.6 Å². The minimum absolute atomic E-state index is 0.767. The van der Waals surface area contributed by atoms with Crippen molar-refractivity contribution in [2.24, 2.45) is 0 Å². The second-order valence-corrected chi connectivity index (χ2v) is 5.75. The average Bonchev–Trinajstić information content (AvgIpc) is 2.99. The van der Waals surface area contributed by atoms with Gasteiger partial charge in [0.2, 0.25) is 0 Å². The monoisotopic (exact) mass is 298 g/mol. The van der Waals surface area contributed by atoms with Gasteiger partial charge in [0.1, 0.15) is 0 Å². The van der Waals surface area contributed by atoms with Gasteiger partial charge < -0.3 is 5.11 Å². The normalized spacial score (nSPS) is 11.5. The van der Waals surface area contributed by atoms with Crippen molar-refractivity contribution in [3.8, 4) is 11.3 Å². The highest BCUT2D eigenvalue weighted by Gasteiger charge is 2.12. The Balaban J connectivity index is 2.19. The second-order valence-electron chi connectivity index (χ2n) is 4.91. The molecule has 0 radical (unpaired) electrons. The van der Waals surface area contributed by atoms with Crippen molar-refractivity contribution in [3.63, 3.8) is 0 Å². The lowest BCUT2D eigenvalue weighted by atomic mass is 10.0. The summed E-state index contributed by atoms with van der Waals surface area (Å²) in [6.07, 6.45) is 4.40. The van der Waals surface area contributed by atoms with E-state index in [1.54, 1.807) is 23.6 Å². The third-order valence-corrected chi connectivity index (χ3v) is 4.17. The number of rotatable bonds is 3. The van der Waals surface area contributed by atoms with Crippen LogP contribution in [-0.4, -0.2) is 20.5 Å². The molecule has 0 atom stereocenters. The summed E-state index contributed by atoms with van der Waals surface area (Å²) >= 11 is 1.55. The van der Waals surface area contributed by atoms with E-state index in [1.807, 2.05) is 4.40 Å². The number of aliphatic carboxylic acids is 1. The number of carboxylic acids is 1. The molecule has 1 aromatic carbocycles. The van der Waals surface area contributed by atoms with Crippen LogP contribution in [0.15, 0.2) is 35.9 Å². The van der Waals surface area contributed by atoms with Gasteiger partial charge in [-0.2, -0.15) is 0 Å². The summed E-state index contributed by atoms with van der Waals surface area (Å²) in [5.41, 5.74) is 5.35. The van der Waals surface area contributed by atoms with Crippen molar-refractivity contribution in [3.05, 3.63) is 52.7 Å². The summed E-state index contributed by atoms with van der Waals surface area (Å²) in [5, 5.41) is 10.8. The maximum absolute atomic E-state index is 10.7. The molecule has 0 aliphatic rings. The van der Waals surface area contributed by atoms with Gasteiger partial charge >= 0.3 is 5.97 Å². The van der Waals surface area contributed by atoms with Crippen LogP contribution in [0.1, 0.15) is 16.8 Å². The summed E-state index contributed by atoms with van der Waals surface area (Å²) in [7, 11) is 0. The fourth-order valence-corrected chi connectivity index (χ4v) is 3.27. The highest BCUT2D eigenvalue weighted by Crippen LogP contribution is 2.30. The molecule has 4 nitrogen and oxygen atoms in total.